The van der Waals surface area contributed by atoms with E-state index in [0.717, 1.165) is 12.0 Å². The Morgan fingerprint density at radius 1 is 1.00 bits per heavy atom. The minimum atomic E-state index is -4.19. The van der Waals surface area contributed by atoms with Gasteiger partial charge in [-0.05, 0) is 63.4 Å². The van der Waals surface area contributed by atoms with Crippen LogP contribution < -0.4 is 10.3 Å². The zero-order chi connectivity index (χ0) is 34.3. The van der Waals surface area contributed by atoms with Gasteiger partial charge in [-0.1, -0.05) is 20.3 Å². The van der Waals surface area contributed by atoms with Gasteiger partial charge in [0.05, 0.1) is 35.8 Å². The van der Waals surface area contributed by atoms with E-state index in [9.17, 15) is 33.4 Å². The number of benzene rings is 1. The summed E-state index contributed by atoms with van der Waals surface area (Å²) in [5, 5.41) is 19.7. The number of ether oxygens (including phenoxy) is 1. The van der Waals surface area contributed by atoms with Crippen LogP contribution in [0.5, 0.6) is 5.75 Å². The van der Waals surface area contributed by atoms with Crippen LogP contribution in [0.1, 0.15) is 52.0 Å². The Hall–Kier alpha value is -4.29. The van der Waals surface area contributed by atoms with Crippen LogP contribution in [0, 0.1) is 20.2 Å². The van der Waals surface area contributed by atoms with E-state index in [0.29, 0.717) is 48.3 Å². The van der Waals surface area contributed by atoms with Gasteiger partial charge < -0.3 is 24.0 Å². The lowest BCUT2D eigenvalue weighted by Gasteiger charge is -2.44. The zero-order valence-corrected chi connectivity index (χ0v) is 27.7. The average Bonchev–Trinajstić information content (AvgIpc) is 3.39. The number of hydrogen-bond acceptors (Lipinski definition) is 12. The van der Waals surface area contributed by atoms with Gasteiger partial charge >= 0.3 is 0 Å². The number of aryl methyl sites for hydroxylation is 2. The van der Waals surface area contributed by atoms with Crippen LogP contribution in [0.4, 0.5) is 0 Å². The van der Waals surface area contributed by atoms with Gasteiger partial charge in [0.1, 0.15) is 17.1 Å². The zero-order valence-electron chi connectivity index (χ0n) is 26.9. The molecule has 1 N–H and O–H groups in total. The first-order valence-electron chi connectivity index (χ1n) is 15.6. The number of nitrogens with zero attached hydrogens (tertiary/aromatic N) is 6. The molecular formula is C29H41N7O10S. The number of aromatic amines is 1. The van der Waals surface area contributed by atoms with Crippen LogP contribution in [0.2, 0.25) is 0 Å². The highest BCUT2D eigenvalue weighted by Crippen LogP contribution is 2.34. The molecule has 258 valence electrons. The third-order valence-electron chi connectivity index (χ3n) is 8.24. The fourth-order valence-corrected chi connectivity index (χ4v) is 7.40. The van der Waals surface area contributed by atoms with Crippen molar-refractivity contribution in [2.45, 2.75) is 76.4 Å². The number of rotatable bonds is 17. The van der Waals surface area contributed by atoms with Crippen LogP contribution in [-0.2, 0) is 32.7 Å². The second-order valence-electron chi connectivity index (χ2n) is 11.3. The highest BCUT2D eigenvalue weighted by Gasteiger charge is 2.38. The summed E-state index contributed by atoms with van der Waals surface area (Å²) in [6.07, 6.45) is 4.42. The van der Waals surface area contributed by atoms with Crippen LogP contribution in [0.25, 0.3) is 22.4 Å². The van der Waals surface area contributed by atoms with Gasteiger partial charge in [-0.15, -0.1) is 20.2 Å². The van der Waals surface area contributed by atoms with Gasteiger partial charge in [-0.2, -0.15) is 4.31 Å². The number of nitrogens with one attached hydrogen (secondary N) is 1. The van der Waals surface area contributed by atoms with E-state index in [1.165, 1.54) is 22.5 Å². The minimum absolute atomic E-state index is 0.0120. The predicted molar refractivity (Wildman–Crippen MR) is 170 cm³/mol. The first kappa shape index (κ1) is 35.6. The van der Waals surface area contributed by atoms with E-state index in [2.05, 4.69) is 14.7 Å². The normalized spacial score (nSPS) is 17.5. The van der Waals surface area contributed by atoms with E-state index in [-0.39, 0.29) is 55.4 Å². The first-order valence-corrected chi connectivity index (χ1v) is 17.0. The molecule has 2 atom stereocenters. The van der Waals surface area contributed by atoms with Gasteiger partial charge in [0.2, 0.25) is 10.0 Å². The Kier molecular flexibility index (Phi) is 11.8. The fraction of sp³-hybridized carbons (Fsp3) is 0.586. The van der Waals surface area contributed by atoms with Crippen molar-refractivity contribution in [2.24, 2.45) is 0 Å². The molecule has 17 nitrogen and oxygen atoms in total. The maximum absolute atomic E-state index is 14.2. The highest BCUT2D eigenvalue weighted by atomic mass is 32.2. The summed E-state index contributed by atoms with van der Waals surface area (Å²) in [4.78, 5) is 53.3. The van der Waals surface area contributed by atoms with Crippen LogP contribution in [0.15, 0.2) is 34.1 Å². The Balaban J connectivity index is 1.76. The van der Waals surface area contributed by atoms with Gasteiger partial charge in [0, 0.05) is 37.9 Å². The van der Waals surface area contributed by atoms with Crippen molar-refractivity contribution >= 4 is 21.1 Å². The highest BCUT2D eigenvalue weighted by molar-refractivity contribution is 7.89. The number of hydrogen-bond donors (Lipinski definition) is 1. The van der Waals surface area contributed by atoms with Crippen molar-refractivity contribution in [2.75, 3.05) is 40.0 Å². The monoisotopic (exact) mass is 679 g/mol. The molecule has 1 aliphatic heterocycles. The summed E-state index contributed by atoms with van der Waals surface area (Å²) in [7, 11) is -2.46. The van der Waals surface area contributed by atoms with Gasteiger partial charge in [-0.3, -0.25) is 9.69 Å². The number of H-pyrrole nitrogens is 1. The second kappa shape index (κ2) is 15.5. The van der Waals surface area contributed by atoms with Gasteiger partial charge in [0.15, 0.2) is 0 Å². The molecule has 0 bridgehead atoms. The van der Waals surface area contributed by atoms with E-state index in [1.54, 1.807) is 7.05 Å². The molecule has 0 unspecified atom stereocenters. The number of fused-ring (bicyclic) bond motifs is 1. The van der Waals surface area contributed by atoms with Gasteiger partial charge in [-0.25, -0.2) is 13.4 Å². The summed E-state index contributed by atoms with van der Waals surface area (Å²) >= 11 is 0. The van der Waals surface area contributed by atoms with E-state index < -0.39 is 32.3 Å². The lowest BCUT2D eigenvalue weighted by molar-refractivity contribution is -0.758. The summed E-state index contributed by atoms with van der Waals surface area (Å²) in [5.41, 5.74) is 1.83. The third kappa shape index (κ3) is 8.17. The smallest absolute Gasteiger partial charge is 0.294 e. The maximum Gasteiger partial charge on any atom is 0.294 e. The minimum Gasteiger partial charge on any atom is -0.493 e. The Bertz CT molecular complexity index is 1710. The molecule has 1 saturated heterocycles. The molecule has 1 aromatic carbocycles. The van der Waals surface area contributed by atoms with Crippen LogP contribution in [-0.4, -0.2) is 94.4 Å². The molecule has 18 heteroatoms. The standard InChI is InChI=1S/C29H41N7O10S/c1-5-8-20-17-33(7-3)27-26(20)30-28(31-29(27)37)24-16-23(9-10-25(24)44-13-6-2)47(42,43)34-18-21(11-14-45-35(38)39)32(4)22(19-34)12-15-46-36(40)41/h9-10,16-17,21-22H,5-8,11-15,18-19H2,1-4H3,(H,30,31,37)/t21-,22-/m0/s1. The summed E-state index contributed by atoms with van der Waals surface area (Å²) < 4.78 is 37.5. The van der Waals surface area contributed by atoms with Crippen molar-refractivity contribution in [3.8, 4) is 17.1 Å². The van der Waals surface area contributed by atoms with Crippen molar-refractivity contribution < 1.29 is 33.0 Å². The van der Waals surface area contributed by atoms with E-state index in [4.69, 9.17) is 9.72 Å². The molecule has 1 fully saturated rings. The van der Waals surface area contributed by atoms with Crippen molar-refractivity contribution in [3.05, 3.63) is 60.5 Å². The van der Waals surface area contributed by atoms with E-state index >= 15 is 0 Å². The predicted octanol–water partition coefficient (Wildman–Crippen LogP) is 3.02. The average molecular weight is 680 g/mol. The topological polar surface area (TPSA) is 205 Å². The molecule has 47 heavy (non-hydrogen) atoms. The quantitative estimate of drug-likeness (QED) is 0.161. The lowest BCUT2D eigenvalue weighted by atomic mass is 10.0. The molecule has 0 amide bonds. The molecule has 1 aliphatic rings. The SMILES string of the molecule is CCCOc1ccc(S(=O)(=O)N2C[C@H](CCO[N+](=O)[O-])N(C)[C@@H](CCO[N+](=O)[O-])C2)cc1-c1nc2c(CCC)cn(CC)c2c(=O)[nH]1. The van der Waals surface area contributed by atoms with Crippen molar-refractivity contribution in [1.82, 2.24) is 23.7 Å². The number of aromatic nitrogens is 3. The Morgan fingerprint density at radius 3 is 2.19 bits per heavy atom. The molecule has 2 aromatic heterocycles. The second-order valence-corrected chi connectivity index (χ2v) is 13.2. The van der Waals surface area contributed by atoms with Crippen molar-refractivity contribution in [3.63, 3.8) is 0 Å². The molecule has 0 aliphatic carbocycles. The molecule has 0 radical (unpaired) electrons. The summed E-state index contributed by atoms with van der Waals surface area (Å²) in [6, 6.07) is 3.39. The van der Waals surface area contributed by atoms with Crippen molar-refractivity contribution in [1.29, 1.82) is 0 Å². The number of likely N-dealkylation sites (N-methyl/N-ethyl adjacent to an activating group) is 1. The third-order valence-corrected chi connectivity index (χ3v) is 10.1. The molecule has 4 rings (SSSR count). The Morgan fingerprint density at radius 2 is 1.64 bits per heavy atom. The molecule has 0 spiro atoms. The summed E-state index contributed by atoms with van der Waals surface area (Å²) in [5.74, 6) is 0.517. The molecule has 3 aromatic rings. The Labute approximate surface area is 271 Å². The van der Waals surface area contributed by atoms with Crippen LogP contribution in [0.3, 0.4) is 0 Å². The van der Waals surface area contributed by atoms with Crippen LogP contribution >= 0.6 is 0 Å². The fourth-order valence-electron chi connectivity index (χ4n) is 5.85. The largest absolute Gasteiger partial charge is 0.493 e. The summed E-state index contributed by atoms with van der Waals surface area (Å²) in [6.45, 7) is 6.28. The molecule has 0 saturated carbocycles. The van der Waals surface area contributed by atoms with E-state index in [1.807, 2.05) is 36.4 Å². The molecular weight excluding hydrogens is 638 g/mol. The maximum atomic E-state index is 14.2. The number of piperazine rings is 1. The first-order chi connectivity index (χ1) is 22.4. The van der Waals surface area contributed by atoms with Gasteiger partial charge in [0.25, 0.3) is 15.7 Å². The molecule has 3 heterocycles. The number of sulfonamides is 1. The lowest BCUT2D eigenvalue weighted by Crippen LogP contribution is -2.58.